The topological polar surface area (TPSA) is 171 Å². The highest BCUT2D eigenvalue weighted by atomic mass is 32.1. The number of likely N-dealkylation sites (tertiary alicyclic amines) is 2. The molecule has 0 unspecified atom stereocenters. The summed E-state index contributed by atoms with van der Waals surface area (Å²) in [5, 5.41) is 8.58. The van der Waals surface area contributed by atoms with E-state index in [9.17, 15) is 9.59 Å². The number of aromatic nitrogens is 3. The molecule has 394 valence electrons. The molecule has 17 nitrogen and oxygen atoms in total. The fraction of sp³-hybridized carbons (Fsp3) is 0.655. The average molecular weight is 1020 g/mol. The number of benzene rings is 1. The van der Waals surface area contributed by atoms with Crippen molar-refractivity contribution < 1.29 is 42.8 Å². The summed E-state index contributed by atoms with van der Waals surface area (Å²) in [5.41, 5.74) is 10.8. The number of cyclic esters (lactones) is 1. The number of esters is 1. The number of hydrazine groups is 1. The normalized spacial score (nSPS) is 27.7. The van der Waals surface area contributed by atoms with Gasteiger partial charge < -0.3 is 43.2 Å². The minimum absolute atomic E-state index is 0.00648. The molecule has 4 aromatic rings. The lowest BCUT2D eigenvalue weighted by atomic mass is 9.76. The van der Waals surface area contributed by atoms with Gasteiger partial charge in [-0.25, -0.2) is 10.4 Å². The molecule has 73 heavy (non-hydrogen) atoms. The number of hydrogen-bond acceptors (Lipinski definition) is 15. The Balaban J connectivity index is 1.07. The van der Waals surface area contributed by atoms with Crippen LogP contribution in [0.4, 0.5) is 0 Å². The van der Waals surface area contributed by atoms with Crippen molar-refractivity contribution >= 4 is 40.0 Å². The summed E-state index contributed by atoms with van der Waals surface area (Å²) in [7, 11) is 3.94. The molecule has 3 aromatic heterocycles. The van der Waals surface area contributed by atoms with Gasteiger partial charge in [-0.2, -0.15) is 0 Å². The SMILES string of the molecule is CO[C@@H](C)c1ncc(C2CCN(C)CC2)cc1-c1c2c3cc(ccc3n1CCOC1CCOCC1)-c1csc(n1)[C@@H](N1CC3(COC3)C1)[C@H](NC(=O)[C@@H]1OC[C@@H]1C)C(=O)N1CCC[C@H](N1)C(=O)OCC(C)(C)C2. The molecule has 18 heteroatoms. The van der Waals surface area contributed by atoms with E-state index in [0.717, 1.165) is 88.5 Å². The number of carbonyl (C=O) groups is 3. The number of nitrogens with one attached hydrogen (secondary N) is 2. The summed E-state index contributed by atoms with van der Waals surface area (Å²) in [4.78, 5) is 58.9. The lowest BCUT2D eigenvalue weighted by Gasteiger charge is -2.58. The van der Waals surface area contributed by atoms with Crippen LogP contribution in [0.2, 0.25) is 0 Å². The summed E-state index contributed by atoms with van der Waals surface area (Å²) in [5.74, 6) is -0.689. The van der Waals surface area contributed by atoms with Crippen molar-refractivity contribution in [3.63, 3.8) is 0 Å². The monoisotopic (exact) mass is 1020 g/mol. The zero-order valence-electron chi connectivity index (χ0n) is 43.5. The van der Waals surface area contributed by atoms with Gasteiger partial charge in [0.25, 0.3) is 5.91 Å². The van der Waals surface area contributed by atoms with Gasteiger partial charge in [0, 0.05) is 96.9 Å². The molecule has 1 spiro atoms. The van der Waals surface area contributed by atoms with E-state index in [1.807, 2.05) is 6.92 Å². The van der Waals surface area contributed by atoms with Crippen LogP contribution in [-0.4, -0.2) is 165 Å². The molecule has 6 fully saturated rings. The van der Waals surface area contributed by atoms with E-state index in [0.29, 0.717) is 91.0 Å². The highest BCUT2D eigenvalue weighted by molar-refractivity contribution is 7.10. The maximum absolute atomic E-state index is 15.1. The Morgan fingerprint density at radius 2 is 1.82 bits per heavy atom. The van der Waals surface area contributed by atoms with E-state index < -0.39 is 35.6 Å². The van der Waals surface area contributed by atoms with Crippen molar-refractivity contribution in [2.24, 2.45) is 16.7 Å². The van der Waals surface area contributed by atoms with Crippen molar-refractivity contribution in [2.45, 2.75) is 122 Å². The summed E-state index contributed by atoms with van der Waals surface area (Å²) in [6.07, 6.45) is 6.73. The van der Waals surface area contributed by atoms with Gasteiger partial charge in [-0.1, -0.05) is 26.8 Å². The zero-order chi connectivity index (χ0) is 50.6. The molecule has 7 aliphatic rings. The number of thiazole rings is 1. The highest BCUT2D eigenvalue weighted by Gasteiger charge is 2.55. The van der Waals surface area contributed by atoms with Crippen LogP contribution in [-0.2, 0) is 55.8 Å². The second-order valence-electron chi connectivity index (χ2n) is 22.9. The molecule has 7 aliphatic heterocycles. The van der Waals surface area contributed by atoms with Gasteiger partial charge in [0.15, 0.2) is 0 Å². The number of ether oxygens (including phenoxy) is 6. The number of pyridine rings is 1. The first-order valence-corrected chi connectivity index (χ1v) is 27.6. The zero-order valence-corrected chi connectivity index (χ0v) is 44.3. The van der Waals surface area contributed by atoms with Crippen molar-refractivity contribution in [1.29, 1.82) is 0 Å². The number of fused-ring (bicyclic) bond motifs is 6. The second kappa shape index (κ2) is 21.0. The molecule has 6 saturated heterocycles. The van der Waals surface area contributed by atoms with E-state index in [1.54, 1.807) is 7.11 Å². The highest BCUT2D eigenvalue weighted by Crippen LogP contribution is 2.47. The molecule has 11 rings (SSSR count). The quantitative estimate of drug-likeness (QED) is 0.166. The third-order valence-corrected chi connectivity index (χ3v) is 17.6. The fourth-order valence-electron chi connectivity index (χ4n) is 12.2. The number of piperidine rings is 1. The number of nitrogens with zero attached hydrogens (tertiary/aromatic N) is 6. The van der Waals surface area contributed by atoms with E-state index in [4.69, 9.17) is 38.4 Å². The van der Waals surface area contributed by atoms with Crippen LogP contribution in [0.25, 0.3) is 33.4 Å². The standard InChI is InChI=1S/C55H74N8O9S/c1-33-26-71-49(33)50(64)58-46-48(61-28-55(29-61)31-69-32-55)51-57-43(27-73-51)36-9-10-44-39(22-36)41(24-54(3,4)30-72-53(66)42-8-7-15-63(59-42)52(46)65)47(62(44)18-21-70-38-13-19-68-20-14-38)40-23-37(25-56-45(40)34(2)67-6)35-11-16-60(5)17-12-35/h9-10,22-23,25,27,33-35,38,42,46,48-49,59H,7-8,11-21,24,26,28-32H2,1-6H3,(H,58,64)/t33-,34-,42-,46-,48-,49+/m0/s1. The molecule has 0 radical (unpaired) electrons. The van der Waals surface area contributed by atoms with Crippen molar-refractivity contribution in [3.05, 3.63) is 57.7 Å². The van der Waals surface area contributed by atoms with Crippen LogP contribution in [0.3, 0.4) is 0 Å². The maximum atomic E-state index is 15.1. The van der Waals surface area contributed by atoms with Gasteiger partial charge in [-0.05, 0) is 107 Å². The summed E-state index contributed by atoms with van der Waals surface area (Å²) in [6, 6.07) is 6.62. The fourth-order valence-corrected chi connectivity index (χ4v) is 13.2. The Bertz CT molecular complexity index is 2660. The molecule has 0 aliphatic carbocycles. The van der Waals surface area contributed by atoms with Crippen LogP contribution in [0.5, 0.6) is 0 Å². The molecule has 2 amide bonds. The molecule has 6 atom stereocenters. The van der Waals surface area contributed by atoms with Crippen LogP contribution in [0.15, 0.2) is 35.8 Å². The lowest BCUT2D eigenvalue weighted by molar-refractivity contribution is -0.203. The van der Waals surface area contributed by atoms with E-state index in [2.05, 4.69) is 88.8 Å². The van der Waals surface area contributed by atoms with Gasteiger partial charge in [0.1, 0.15) is 23.2 Å². The predicted octanol–water partition coefficient (Wildman–Crippen LogP) is 6.05. The minimum Gasteiger partial charge on any atom is -0.464 e. The van der Waals surface area contributed by atoms with E-state index in [1.165, 1.54) is 21.9 Å². The van der Waals surface area contributed by atoms with Crippen molar-refractivity contribution in [3.8, 4) is 22.5 Å². The van der Waals surface area contributed by atoms with Crippen LogP contribution in [0.1, 0.15) is 106 Å². The number of amides is 2. The Labute approximate surface area is 432 Å². The molecular formula is C55H74N8O9S. The third kappa shape index (κ3) is 10.2. The molecule has 1 aromatic carbocycles. The van der Waals surface area contributed by atoms with Crippen molar-refractivity contribution in [1.82, 2.24) is 40.1 Å². The van der Waals surface area contributed by atoms with E-state index in [-0.39, 0.29) is 42.0 Å². The van der Waals surface area contributed by atoms with Crippen LogP contribution >= 0.6 is 11.3 Å². The largest absolute Gasteiger partial charge is 0.464 e. The van der Waals surface area contributed by atoms with E-state index >= 15 is 4.79 Å². The van der Waals surface area contributed by atoms with Crippen LogP contribution in [0, 0.1) is 16.7 Å². The first kappa shape index (κ1) is 50.8. The molecule has 2 N–H and O–H groups in total. The maximum Gasteiger partial charge on any atom is 0.324 e. The lowest BCUT2D eigenvalue weighted by Crippen LogP contribution is -2.70. The summed E-state index contributed by atoms with van der Waals surface area (Å²) < 4.78 is 38.6. The molecular weight excluding hydrogens is 949 g/mol. The summed E-state index contributed by atoms with van der Waals surface area (Å²) >= 11 is 1.50. The first-order valence-electron chi connectivity index (χ1n) is 26.8. The molecule has 6 bridgehead atoms. The number of hydrogen-bond donors (Lipinski definition) is 2. The van der Waals surface area contributed by atoms with Gasteiger partial charge in [0.05, 0.1) is 68.4 Å². The van der Waals surface area contributed by atoms with Crippen LogP contribution < -0.4 is 10.7 Å². The Kier molecular flexibility index (Phi) is 14.6. The molecule has 0 saturated carbocycles. The minimum atomic E-state index is -1.03. The van der Waals surface area contributed by atoms with Gasteiger partial charge in [-0.15, -0.1) is 11.3 Å². The van der Waals surface area contributed by atoms with Gasteiger partial charge >= 0.3 is 5.97 Å². The predicted molar refractivity (Wildman–Crippen MR) is 276 cm³/mol. The summed E-state index contributed by atoms with van der Waals surface area (Å²) in [6.45, 7) is 16.6. The molecule has 10 heterocycles. The third-order valence-electron chi connectivity index (χ3n) is 16.7. The number of methoxy groups -OCH3 is 1. The second-order valence-corrected chi connectivity index (χ2v) is 23.8. The number of rotatable bonds is 11. The smallest absolute Gasteiger partial charge is 0.324 e. The van der Waals surface area contributed by atoms with Crippen molar-refractivity contribution in [2.75, 3.05) is 93.1 Å². The number of carbonyl (C=O) groups excluding carboxylic acids is 3. The Hall–Kier alpha value is -4.37. The van der Waals surface area contributed by atoms with Gasteiger partial charge in [0.2, 0.25) is 5.91 Å². The average Bonchev–Trinajstić information content (AvgIpc) is 3.97. The Morgan fingerprint density at radius 1 is 1.03 bits per heavy atom. The Morgan fingerprint density at radius 3 is 2.53 bits per heavy atom. The first-order chi connectivity index (χ1) is 35.3. The van der Waals surface area contributed by atoms with Gasteiger partial charge in [-0.3, -0.25) is 29.3 Å².